The zero-order valence-electron chi connectivity index (χ0n) is 17.5. The van der Waals surface area contributed by atoms with E-state index in [-0.39, 0.29) is 4.90 Å². The van der Waals surface area contributed by atoms with Gasteiger partial charge in [-0.1, -0.05) is 24.3 Å². The highest BCUT2D eigenvalue weighted by Crippen LogP contribution is 2.27. The van der Waals surface area contributed by atoms with Gasteiger partial charge < -0.3 is 9.47 Å². The van der Waals surface area contributed by atoms with Gasteiger partial charge in [0.25, 0.3) is 0 Å². The topological polar surface area (TPSA) is 68.2 Å². The Kier molecular flexibility index (Phi) is 6.06. The predicted molar refractivity (Wildman–Crippen MR) is 121 cm³/mol. The van der Waals surface area contributed by atoms with E-state index in [0.717, 1.165) is 17.5 Å². The van der Waals surface area contributed by atoms with Crippen LogP contribution in [-0.4, -0.2) is 39.7 Å². The Balaban J connectivity index is 1.51. The van der Waals surface area contributed by atoms with Crippen LogP contribution in [0.1, 0.15) is 16.7 Å². The summed E-state index contributed by atoms with van der Waals surface area (Å²) in [5.41, 5.74) is 3.73. The number of benzene rings is 3. The molecule has 0 saturated heterocycles. The fraction of sp³-hybridized carbons (Fsp3) is 0.208. The van der Waals surface area contributed by atoms with Gasteiger partial charge in [-0.2, -0.15) is 4.31 Å². The highest BCUT2D eigenvalue weighted by molar-refractivity contribution is 7.89. The number of sulfonamides is 1. The van der Waals surface area contributed by atoms with Crippen molar-refractivity contribution in [1.82, 2.24) is 4.31 Å². The molecule has 0 amide bonds. The lowest BCUT2D eigenvalue weighted by molar-refractivity contribution is 0.391. The molecule has 0 unspecified atom stereocenters. The summed E-state index contributed by atoms with van der Waals surface area (Å²) in [4.78, 5) is 4.72. The van der Waals surface area contributed by atoms with Crippen molar-refractivity contribution < 1.29 is 17.9 Å². The molecule has 4 rings (SSSR count). The second kappa shape index (κ2) is 8.91. The van der Waals surface area contributed by atoms with E-state index < -0.39 is 10.0 Å². The molecule has 0 N–H and O–H groups in total. The molecule has 160 valence electrons. The van der Waals surface area contributed by atoms with Crippen molar-refractivity contribution >= 4 is 21.9 Å². The molecule has 0 bridgehead atoms. The summed E-state index contributed by atoms with van der Waals surface area (Å²) in [6, 6.07) is 20.1. The van der Waals surface area contributed by atoms with Crippen molar-refractivity contribution in [3.05, 3.63) is 83.4 Å². The van der Waals surface area contributed by atoms with E-state index in [2.05, 4.69) is 11.1 Å². The summed E-state index contributed by atoms with van der Waals surface area (Å²) >= 11 is 0. The lowest BCUT2D eigenvalue weighted by atomic mass is 10.0. The molecule has 0 aliphatic carbocycles. The van der Waals surface area contributed by atoms with Gasteiger partial charge in [-0.15, -0.1) is 0 Å². The van der Waals surface area contributed by atoms with Crippen LogP contribution >= 0.6 is 0 Å². The van der Waals surface area contributed by atoms with Crippen LogP contribution < -0.4 is 9.47 Å². The van der Waals surface area contributed by atoms with Crippen molar-refractivity contribution in [1.29, 1.82) is 0 Å². The highest BCUT2D eigenvalue weighted by Gasteiger charge is 2.28. The lowest BCUT2D eigenvalue weighted by Gasteiger charge is -2.28. The number of methoxy groups -OCH3 is 2. The summed E-state index contributed by atoms with van der Waals surface area (Å²) in [5.74, 6) is 1.34. The summed E-state index contributed by atoms with van der Waals surface area (Å²) in [7, 11) is -0.373. The number of hydrogen-bond donors (Lipinski definition) is 0. The van der Waals surface area contributed by atoms with Gasteiger partial charge in [0.2, 0.25) is 10.0 Å². The third-order valence-electron chi connectivity index (χ3n) is 5.36. The van der Waals surface area contributed by atoms with Crippen LogP contribution in [0, 0.1) is 0 Å². The molecule has 3 aromatic carbocycles. The zero-order chi connectivity index (χ0) is 21.8. The van der Waals surface area contributed by atoms with Crippen LogP contribution in [0.2, 0.25) is 0 Å². The van der Waals surface area contributed by atoms with E-state index in [1.165, 1.54) is 9.87 Å². The Labute approximate surface area is 182 Å². The Morgan fingerprint density at radius 3 is 2.39 bits per heavy atom. The number of rotatable bonds is 6. The normalized spacial score (nSPS) is 14.4. The Bertz CT molecular complexity index is 1200. The maximum atomic E-state index is 13.1. The smallest absolute Gasteiger partial charge is 0.243 e. The highest BCUT2D eigenvalue weighted by atomic mass is 32.2. The largest absolute Gasteiger partial charge is 0.497 e. The molecule has 0 spiro atoms. The van der Waals surface area contributed by atoms with E-state index in [4.69, 9.17) is 9.47 Å². The van der Waals surface area contributed by atoms with Crippen LogP contribution in [0.3, 0.4) is 0 Å². The Morgan fingerprint density at radius 1 is 0.935 bits per heavy atom. The van der Waals surface area contributed by atoms with E-state index >= 15 is 0 Å². The summed E-state index contributed by atoms with van der Waals surface area (Å²) in [6.45, 7) is 0.881. The average Bonchev–Trinajstić information content (AvgIpc) is 2.82. The summed E-state index contributed by atoms with van der Waals surface area (Å²) in [6.07, 6.45) is 2.41. The van der Waals surface area contributed by atoms with Crippen LogP contribution in [0.5, 0.6) is 11.5 Å². The molecular weight excluding hydrogens is 412 g/mol. The Morgan fingerprint density at radius 2 is 1.68 bits per heavy atom. The SMILES string of the molecule is COc1ccc(C=Nc2ccc(S(=O)(=O)N3CCc4ccccc4C3)cc2)c(OC)c1. The number of aliphatic imine (C=N–C) groups is 1. The fourth-order valence-corrected chi connectivity index (χ4v) is 5.02. The third kappa shape index (κ3) is 4.47. The van der Waals surface area contributed by atoms with E-state index in [1.54, 1.807) is 50.8 Å². The Hall–Kier alpha value is -3.16. The molecule has 1 aliphatic rings. The molecule has 0 radical (unpaired) electrons. The second-order valence-electron chi connectivity index (χ2n) is 7.22. The molecule has 7 heteroatoms. The molecule has 0 fully saturated rings. The molecule has 31 heavy (non-hydrogen) atoms. The minimum Gasteiger partial charge on any atom is -0.497 e. The minimum atomic E-state index is -3.56. The number of ether oxygens (including phenoxy) is 2. The van der Waals surface area contributed by atoms with Crippen LogP contribution in [0.4, 0.5) is 5.69 Å². The fourth-order valence-electron chi connectivity index (χ4n) is 3.60. The molecule has 6 nitrogen and oxygen atoms in total. The first kappa shape index (κ1) is 21.1. The van der Waals surface area contributed by atoms with Gasteiger partial charge >= 0.3 is 0 Å². The molecule has 0 atom stereocenters. The molecule has 1 aliphatic heterocycles. The minimum absolute atomic E-state index is 0.271. The van der Waals surface area contributed by atoms with Gasteiger partial charge in [-0.25, -0.2) is 8.42 Å². The lowest BCUT2D eigenvalue weighted by Crippen LogP contribution is -2.35. The van der Waals surface area contributed by atoms with Crippen molar-refractivity contribution in [2.45, 2.75) is 17.9 Å². The van der Waals surface area contributed by atoms with E-state index in [1.807, 2.05) is 30.3 Å². The standard InChI is InChI=1S/C24H24N2O4S/c1-29-22-10-7-19(24(15-22)30-2)16-25-21-8-11-23(12-9-21)31(27,28)26-14-13-18-5-3-4-6-20(18)17-26/h3-12,15-16H,13-14,17H2,1-2H3. The van der Waals surface area contributed by atoms with Gasteiger partial charge in [0.1, 0.15) is 11.5 Å². The van der Waals surface area contributed by atoms with E-state index in [9.17, 15) is 8.42 Å². The predicted octanol–water partition coefficient (Wildman–Crippen LogP) is 4.20. The third-order valence-corrected chi connectivity index (χ3v) is 7.22. The monoisotopic (exact) mass is 436 g/mol. The quantitative estimate of drug-likeness (QED) is 0.543. The summed E-state index contributed by atoms with van der Waals surface area (Å²) < 4.78 is 38.3. The molecule has 0 saturated carbocycles. The first-order chi connectivity index (χ1) is 15.0. The number of hydrogen-bond acceptors (Lipinski definition) is 5. The molecule has 3 aromatic rings. The van der Waals surface area contributed by atoms with Gasteiger partial charge in [0, 0.05) is 30.9 Å². The van der Waals surface area contributed by atoms with Crippen LogP contribution in [0.25, 0.3) is 0 Å². The maximum absolute atomic E-state index is 13.1. The average molecular weight is 437 g/mol. The van der Waals surface area contributed by atoms with Crippen molar-refractivity contribution in [2.24, 2.45) is 4.99 Å². The maximum Gasteiger partial charge on any atom is 0.243 e. The number of nitrogens with zero attached hydrogens (tertiary/aromatic N) is 2. The van der Waals surface area contributed by atoms with Crippen molar-refractivity contribution in [3.8, 4) is 11.5 Å². The van der Waals surface area contributed by atoms with Gasteiger partial charge in [-0.05, 0) is 53.9 Å². The van der Waals surface area contributed by atoms with Crippen LogP contribution in [0.15, 0.2) is 76.6 Å². The van der Waals surface area contributed by atoms with Gasteiger partial charge in [0.15, 0.2) is 0 Å². The van der Waals surface area contributed by atoms with E-state index in [0.29, 0.717) is 30.3 Å². The second-order valence-corrected chi connectivity index (χ2v) is 9.16. The first-order valence-electron chi connectivity index (χ1n) is 9.94. The van der Waals surface area contributed by atoms with Crippen molar-refractivity contribution in [3.63, 3.8) is 0 Å². The molecule has 0 aromatic heterocycles. The summed E-state index contributed by atoms with van der Waals surface area (Å²) in [5, 5.41) is 0. The first-order valence-corrected chi connectivity index (χ1v) is 11.4. The molecular formula is C24H24N2O4S. The van der Waals surface area contributed by atoms with Crippen LogP contribution in [-0.2, 0) is 23.0 Å². The van der Waals surface area contributed by atoms with Crippen molar-refractivity contribution in [2.75, 3.05) is 20.8 Å². The van der Waals surface area contributed by atoms with Gasteiger partial charge in [0.05, 0.1) is 24.8 Å². The number of fused-ring (bicyclic) bond motifs is 1. The zero-order valence-corrected chi connectivity index (χ0v) is 18.3. The van der Waals surface area contributed by atoms with Gasteiger partial charge in [-0.3, -0.25) is 4.99 Å². The molecule has 1 heterocycles.